The largest absolute Gasteiger partial charge is 0.342 e. The maximum Gasteiger partial charge on any atom is 0.237 e. The first kappa shape index (κ1) is 15.5. The third kappa shape index (κ3) is 1.97. The molecule has 0 spiro atoms. The molecule has 1 atom stereocenters. The van der Waals surface area contributed by atoms with Crippen molar-refractivity contribution in [2.75, 3.05) is 11.4 Å². The van der Waals surface area contributed by atoms with E-state index >= 15 is 0 Å². The summed E-state index contributed by atoms with van der Waals surface area (Å²) in [5.41, 5.74) is 1.76. The first-order valence-corrected chi connectivity index (χ1v) is 9.40. The molecule has 8 heteroatoms. The van der Waals surface area contributed by atoms with Gasteiger partial charge in [0.25, 0.3) is 0 Å². The molecular weight excluding hydrogens is 352 g/mol. The maximum absolute atomic E-state index is 4.97. The predicted octanol–water partition coefficient (Wildman–Crippen LogP) is 2.74. The molecule has 6 rings (SSSR count). The SMILES string of the molecule is CC12CCCN1c1nc(-n3ccnc3-c3ccccc3)ncc1-n1cnnc12. The summed E-state index contributed by atoms with van der Waals surface area (Å²) < 4.78 is 3.96. The smallest absolute Gasteiger partial charge is 0.237 e. The lowest BCUT2D eigenvalue weighted by atomic mass is 9.96. The fraction of sp³-hybridized carbons (Fsp3) is 0.250. The molecule has 1 saturated heterocycles. The van der Waals surface area contributed by atoms with Gasteiger partial charge in [-0.2, -0.15) is 4.98 Å². The number of fused-ring (bicyclic) bond motifs is 6. The molecule has 1 aromatic carbocycles. The molecule has 1 fully saturated rings. The van der Waals surface area contributed by atoms with Gasteiger partial charge in [0.1, 0.15) is 17.8 Å². The van der Waals surface area contributed by atoms with Crippen LogP contribution in [0, 0.1) is 0 Å². The summed E-state index contributed by atoms with van der Waals surface area (Å²) in [6.45, 7) is 3.17. The topological polar surface area (TPSA) is 77.5 Å². The highest BCUT2D eigenvalue weighted by atomic mass is 15.4. The Bertz CT molecular complexity index is 1180. The third-order valence-electron chi connectivity index (χ3n) is 5.81. The van der Waals surface area contributed by atoms with Gasteiger partial charge in [0, 0.05) is 24.5 Å². The fourth-order valence-electron chi connectivity index (χ4n) is 4.42. The average molecular weight is 370 g/mol. The second-order valence-corrected chi connectivity index (χ2v) is 7.42. The summed E-state index contributed by atoms with van der Waals surface area (Å²) in [6, 6.07) is 10.1. The van der Waals surface area contributed by atoms with Crippen molar-refractivity contribution in [3.63, 3.8) is 0 Å². The van der Waals surface area contributed by atoms with E-state index in [1.807, 2.05) is 51.9 Å². The summed E-state index contributed by atoms with van der Waals surface area (Å²) >= 11 is 0. The van der Waals surface area contributed by atoms with Gasteiger partial charge >= 0.3 is 0 Å². The molecule has 2 aliphatic rings. The molecular formula is C20H18N8. The first-order chi connectivity index (χ1) is 13.8. The van der Waals surface area contributed by atoms with E-state index in [1.165, 1.54) is 0 Å². The number of benzene rings is 1. The molecule has 5 heterocycles. The summed E-state index contributed by atoms with van der Waals surface area (Å²) in [5, 5.41) is 8.55. The minimum absolute atomic E-state index is 0.188. The van der Waals surface area contributed by atoms with Gasteiger partial charge in [-0.05, 0) is 19.8 Å². The second-order valence-electron chi connectivity index (χ2n) is 7.42. The zero-order chi connectivity index (χ0) is 18.7. The molecule has 8 nitrogen and oxygen atoms in total. The van der Waals surface area contributed by atoms with Crippen LogP contribution in [0.2, 0.25) is 0 Å². The van der Waals surface area contributed by atoms with Gasteiger partial charge in [-0.15, -0.1) is 10.2 Å². The number of anilines is 1. The van der Waals surface area contributed by atoms with E-state index in [0.29, 0.717) is 5.95 Å². The molecule has 0 saturated carbocycles. The van der Waals surface area contributed by atoms with Crippen LogP contribution < -0.4 is 4.90 Å². The van der Waals surface area contributed by atoms with E-state index in [2.05, 4.69) is 32.0 Å². The fourth-order valence-corrected chi connectivity index (χ4v) is 4.42. The Hall–Kier alpha value is -3.55. The van der Waals surface area contributed by atoms with E-state index in [-0.39, 0.29) is 5.54 Å². The monoisotopic (exact) mass is 370 g/mol. The van der Waals surface area contributed by atoms with Gasteiger partial charge in [0.2, 0.25) is 5.95 Å². The van der Waals surface area contributed by atoms with E-state index < -0.39 is 0 Å². The Morgan fingerprint density at radius 2 is 1.96 bits per heavy atom. The molecule has 3 aromatic heterocycles. The summed E-state index contributed by atoms with van der Waals surface area (Å²) in [4.78, 5) is 16.5. The van der Waals surface area contributed by atoms with Crippen molar-refractivity contribution in [3.8, 4) is 23.0 Å². The Kier molecular flexibility index (Phi) is 3.03. The number of nitrogens with zero attached hydrogens (tertiary/aromatic N) is 8. The molecule has 0 aliphatic carbocycles. The molecule has 1 unspecified atom stereocenters. The van der Waals surface area contributed by atoms with Crippen LogP contribution in [-0.2, 0) is 5.54 Å². The molecule has 2 aliphatic heterocycles. The Labute approximate surface area is 161 Å². The molecule has 4 aromatic rings. The third-order valence-corrected chi connectivity index (χ3v) is 5.81. The van der Waals surface area contributed by atoms with Gasteiger partial charge in [0.15, 0.2) is 11.6 Å². The second kappa shape index (κ2) is 5.48. The quantitative estimate of drug-likeness (QED) is 0.540. The average Bonchev–Trinajstić information content (AvgIpc) is 3.47. The van der Waals surface area contributed by atoms with Crippen molar-refractivity contribution in [2.45, 2.75) is 25.3 Å². The van der Waals surface area contributed by atoms with Crippen LogP contribution in [0.5, 0.6) is 0 Å². The van der Waals surface area contributed by atoms with Crippen LogP contribution in [0.25, 0.3) is 23.0 Å². The highest BCUT2D eigenvalue weighted by molar-refractivity contribution is 5.65. The van der Waals surface area contributed by atoms with Gasteiger partial charge in [0.05, 0.1) is 11.7 Å². The Balaban J connectivity index is 1.53. The number of rotatable bonds is 2. The lowest BCUT2D eigenvalue weighted by Crippen LogP contribution is -2.45. The van der Waals surface area contributed by atoms with Crippen LogP contribution in [0.15, 0.2) is 55.2 Å². The predicted molar refractivity (Wildman–Crippen MR) is 103 cm³/mol. The minimum atomic E-state index is -0.188. The van der Waals surface area contributed by atoms with Gasteiger partial charge in [-0.25, -0.2) is 9.97 Å². The van der Waals surface area contributed by atoms with Gasteiger partial charge < -0.3 is 4.90 Å². The van der Waals surface area contributed by atoms with Crippen molar-refractivity contribution in [1.82, 2.24) is 34.3 Å². The van der Waals surface area contributed by atoms with Crippen molar-refractivity contribution < 1.29 is 0 Å². The van der Waals surface area contributed by atoms with Crippen molar-refractivity contribution in [2.24, 2.45) is 0 Å². The molecule has 138 valence electrons. The van der Waals surface area contributed by atoms with E-state index in [0.717, 1.165) is 48.1 Å². The standard InChI is InChI=1S/C20H18N8/c1-20-8-5-10-28(20)17-15(27-13-23-25-18(20)27)12-22-19(24-17)26-11-9-21-16(26)14-6-3-2-4-7-14/h2-4,6-7,9,11-13H,5,8,10H2,1H3. The number of aromatic nitrogens is 7. The summed E-state index contributed by atoms with van der Waals surface area (Å²) in [7, 11) is 0. The molecule has 0 amide bonds. The molecule has 0 N–H and O–H groups in total. The molecule has 0 radical (unpaired) electrons. The van der Waals surface area contributed by atoms with Gasteiger partial charge in [-0.3, -0.25) is 9.13 Å². The normalized spacial score (nSPS) is 20.0. The highest BCUT2D eigenvalue weighted by Crippen LogP contribution is 2.46. The van der Waals surface area contributed by atoms with Gasteiger partial charge in [-0.1, -0.05) is 30.3 Å². The van der Waals surface area contributed by atoms with Crippen LogP contribution in [0.1, 0.15) is 25.6 Å². The number of hydrogen-bond acceptors (Lipinski definition) is 6. The van der Waals surface area contributed by atoms with E-state index in [4.69, 9.17) is 4.98 Å². The lowest BCUT2D eigenvalue weighted by molar-refractivity contribution is 0.436. The molecule has 0 bridgehead atoms. The Morgan fingerprint density at radius 3 is 2.86 bits per heavy atom. The lowest BCUT2D eigenvalue weighted by Gasteiger charge is -2.40. The van der Waals surface area contributed by atoms with E-state index in [1.54, 1.807) is 12.5 Å². The van der Waals surface area contributed by atoms with Crippen molar-refractivity contribution >= 4 is 5.82 Å². The number of hydrogen-bond donors (Lipinski definition) is 0. The highest BCUT2D eigenvalue weighted by Gasteiger charge is 2.47. The minimum Gasteiger partial charge on any atom is -0.342 e. The van der Waals surface area contributed by atoms with Crippen LogP contribution in [-0.4, -0.2) is 40.8 Å². The van der Waals surface area contributed by atoms with Crippen LogP contribution in [0.4, 0.5) is 5.82 Å². The Morgan fingerprint density at radius 1 is 1.07 bits per heavy atom. The van der Waals surface area contributed by atoms with Crippen molar-refractivity contribution in [3.05, 3.63) is 61.1 Å². The van der Waals surface area contributed by atoms with Crippen LogP contribution in [0.3, 0.4) is 0 Å². The summed E-state index contributed by atoms with van der Waals surface area (Å²) in [6.07, 6.45) is 9.43. The maximum atomic E-state index is 4.97. The van der Waals surface area contributed by atoms with Crippen molar-refractivity contribution in [1.29, 1.82) is 0 Å². The van der Waals surface area contributed by atoms with Crippen LogP contribution >= 0.6 is 0 Å². The molecule has 28 heavy (non-hydrogen) atoms. The zero-order valence-corrected chi connectivity index (χ0v) is 15.4. The number of imidazole rings is 1. The summed E-state index contributed by atoms with van der Waals surface area (Å²) in [5.74, 6) is 3.32. The zero-order valence-electron chi connectivity index (χ0n) is 15.4. The van der Waals surface area contributed by atoms with E-state index in [9.17, 15) is 0 Å². The first-order valence-electron chi connectivity index (χ1n) is 9.40.